The van der Waals surface area contributed by atoms with E-state index in [4.69, 9.17) is 14.7 Å². The van der Waals surface area contributed by atoms with Crippen LogP contribution in [0.3, 0.4) is 0 Å². The number of carbonyl (C=O) groups excluding carboxylic acids is 2. The Bertz CT molecular complexity index is 836. The molecule has 0 heterocycles. The first-order valence-corrected chi connectivity index (χ1v) is 7.99. The third kappa shape index (κ3) is 5.80. The van der Waals surface area contributed by atoms with Crippen LogP contribution >= 0.6 is 0 Å². The van der Waals surface area contributed by atoms with Crippen molar-refractivity contribution in [3.63, 3.8) is 0 Å². The summed E-state index contributed by atoms with van der Waals surface area (Å²) in [6.07, 6.45) is 2.77. The highest BCUT2D eigenvalue weighted by Gasteiger charge is 2.09. The summed E-state index contributed by atoms with van der Waals surface area (Å²) in [4.78, 5) is 23.6. The Kier molecular flexibility index (Phi) is 6.95. The Morgan fingerprint density at radius 2 is 1.88 bits per heavy atom. The largest absolute Gasteiger partial charge is 0.492 e. The van der Waals surface area contributed by atoms with E-state index < -0.39 is 18.5 Å². The average molecular weight is 350 g/mol. The van der Waals surface area contributed by atoms with Gasteiger partial charge in [-0.15, -0.1) is 0 Å². The molecule has 132 valence electrons. The van der Waals surface area contributed by atoms with Crippen molar-refractivity contribution in [3.8, 4) is 11.8 Å². The van der Waals surface area contributed by atoms with Gasteiger partial charge in [0.05, 0.1) is 23.9 Å². The molecule has 0 unspecified atom stereocenters. The number of nitrogens with one attached hydrogen (secondary N) is 1. The molecule has 26 heavy (non-hydrogen) atoms. The van der Waals surface area contributed by atoms with E-state index >= 15 is 0 Å². The predicted octanol–water partition coefficient (Wildman–Crippen LogP) is 3.15. The molecule has 0 aromatic heterocycles. The SMILES string of the molecule is CCOc1ccccc1NC(=O)COC(=O)/C=C/c1ccc(C#N)cc1. The Morgan fingerprint density at radius 3 is 2.58 bits per heavy atom. The molecular formula is C20H18N2O4. The van der Waals surface area contributed by atoms with E-state index in [1.165, 1.54) is 6.08 Å². The lowest BCUT2D eigenvalue weighted by Gasteiger charge is -2.11. The third-order valence-corrected chi connectivity index (χ3v) is 3.26. The standard InChI is InChI=1S/C20H18N2O4/c1-2-25-18-6-4-3-5-17(18)22-19(23)14-26-20(24)12-11-15-7-9-16(13-21)10-8-15/h3-12H,2,14H2,1H3,(H,22,23)/b12-11+. The first kappa shape index (κ1) is 18.7. The summed E-state index contributed by atoms with van der Waals surface area (Å²) < 4.78 is 10.3. The fourth-order valence-electron chi connectivity index (χ4n) is 2.06. The van der Waals surface area contributed by atoms with Gasteiger partial charge in [-0.2, -0.15) is 5.26 Å². The van der Waals surface area contributed by atoms with E-state index in [0.717, 1.165) is 5.56 Å². The molecule has 2 aromatic carbocycles. The molecular weight excluding hydrogens is 332 g/mol. The maximum absolute atomic E-state index is 11.9. The Morgan fingerprint density at radius 1 is 1.15 bits per heavy atom. The van der Waals surface area contributed by atoms with Gasteiger partial charge >= 0.3 is 5.97 Å². The van der Waals surface area contributed by atoms with E-state index in [0.29, 0.717) is 23.6 Å². The monoisotopic (exact) mass is 350 g/mol. The summed E-state index contributed by atoms with van der Waals surface area (Å²) in [5.41, 5.74) is 1.80. The number of esters is 1. The minimum atomic E-state index is -0.636. The lowest BCUT2D eigenvalue weighted by atomic mass is 10.1. The quantitative estimate of drug-likeness (QED) is 0.612. The minimum Gasteiger partial charge on any atom is -0.492 e. The Labute approximate surface area is 151 Å². The highest BCUT2D eigenvalue weighted by molar-refractivity contribution is 5.95. The Hall–Kier alpha value is -3.59. The minimum absolute atomic E-state index is 0.406. The van der Waals surface area contributed by atoms with Gasteiger partial charge in [0, 0.05) is 6.08 Å². The molecule has 0 saturated carbocycles. The summed E-state index contributed by atoms with van der Waals surface area (Å²) in [7, 11) is 0. The van der Waals surface area contributed by atoms with E-state index in [9.17, 15) is 9.59 Å². The molecule has 0 aliphatic heterocycles. The van der Waals surface area contributed by atoms with Gasteiger partial charge in [-0.25, -0.2) is 4.79 Å². The van der Waals surface area contributed by atoms with Gasteiger partial charge in [0.25, 0.3) is 5.91 Å². The van der Waals surface area contributed by atoms with Crippen LogP contribution in [0.4, 0.5) is 5.69 Å². The van der Waals surface area contributed by atoms with Crippen molar-refractivity contribution in [2.24, 2.45) is 0 Å². The number of hydrogen-bond acceptors (Lipinski definition) is 5. The molecule has 2 rings (SSSR count). The molecule has 0 aliphatic carbocycles. The number of carbonyl (C=O) groups is 2. The molecule has 0 aliphatic rings. The molecule has 6 heteroatoms. The van der Waals surface area contributed by atoms with Crippen LogP contribution < -0.4 is 10.1 Å². The number of rotatable bonds is 7. The normalized spacial score (nSPS) is 10.2. The van der Waals surface area contributed by atoms with Crippen molar-refractivity contribution in [3.05, 3.63) is 65.7 Å². The Balaban J connectivity index is 1.84. The van der Waals surface area contributed by atoms with Gasteiger partial charge in [-0.1, -0.05) is 24.3 Å². The van der Waals surface area contributed by atoms with Crippen molar-refractivity contribution >= 4 is 23.6 Å². The molecule has 1 N–H and O–H groups in total. The third-order valence-electron chi connectivity index (χ3n) is 3.26. The van der Waals surface area contributed by atoms with Crippen LogP contribution in [-0.2, 0) is 14.3 Å². The number of ether oxygens (including phenoxy) is 2. The molecule has 0 spiro atoms. The van der Waals surface area contributed by atoms with Crippen LogP contribution in [0.25, 0.3) is 6.08 Å². The van der Waals surface area contributed by atoms with Crippen LogP contribution in [0.2, 0.25) is 0 Å². The second-order valence-electron chi connectivity index (χ2n) is 5.15. The van der Waals surface area contributed by atoms with Gasteiger partial charge in [-0.3, -0.25) is 4.79 Å². The van der Waals surface area contributed by atoms with Crippen molar-refractivity contribution < 1.29 is 19.1 Å². The maximum Gasteiger partial charge on any atom is 0.331 e. The summed E-state index contributed by atoms with van der Waals surface area (Å²) in [5, 5.41) is 11.4. The van der Waals surface area contributed by atoms with E-state index in [1.807, 2.05) is 13.0 Å². The number of hydrogen-bond donors (Lipinski definition) is 1. The second kappa shape index (κ2) is 9.64. The summed E-state index contributed by atoms with van der Waals surface area (Å²) in [6, 6.07) is 15.7. The van der Waals surface area contributed by atoms with Crippen LogP contribution in [0.5, 0.6) is 5.75 Å². The topological polar surface area (TPSA) is 88.4 Å². The van der Waals surface area contributed by atoms with Gasteiger partial charge in [-0.05, 0) is 42.8 Å². The maximum atomic E-state index is 11.9. The first-order valence-electron chi connectivity index (χ1n) is 7.99. The number of nitrogens with zero attached hydrogens (tertiary/aromatic N) is 1. The smallest absolute Gasteiger partial charge is 0.331 e. The highest BCUT2D eigenvalue weighted by atomic mass is 16.5. The number of nitriles is 1. The van der Waals surface area contributed by atoms with Crippen molar-refractivity contribution in [1.82, 2.24) is 0 Å². The van der Waals surface area contributed by atoms with Gasteiger partial charge in [0.15, 0.2) is 6.61 Å². The van der Waals surface area contributed by atoms with Crippen molar-refractivity contribution in [2.45, 2.75) is 6.92 Å². The van der Waals surface area contributed by atoms with Crippen LogP contribution in [0, 0.1) is 11.3 Å². The van der Waals surface area contributed by atoms with Crippen LogP contribution in [0.1, 0.15) is 18.1 Å². The van der Waals surface area contributed by atoms with Gasteiger partial charge < -0.3 is 14.8 Å². The highest BCUT2D eigenvalue weighted by Crippen LogP contribution is 2.23. The summed E-state index contributed by atoms with van der Waals surface area (Å²) in [5.74, 6) is -0.546. The number of anilines is 1. The van der Waals surface area contributed by atoms with Crippen LogP contribution in [-0.4, -0.2) is 25.1 Å². The van der Waals surface area contributed by atoms with Gasteiger partial charge in [0.2, 0.25) is 0 Å². The number of amides is 1. The van der Waals surface area contributed by atoms with Crippen LogP contribution in [0.15, 0.2) is 54.6 Å². The van der Waals surface area contributed by atoms with Crippen molar-refractivity contribution in [1.29, 1.82) is 5.26 Å². The molecule has 0 saturated heterocycles. The lowest BCUT2D eigenvalue weighted by Crippen LogP contribution is -2.20. The molecule has 0 radical (unpaired) electrons. The molecule has 6 nitrogen and oxygen atoms in total. The fourth-order valence-corrected chi connectivity index (χ4v) is 2.06. The zero-order valence-corrected chi connectivity index (χ0v) is 14.3. The van der Waals surface area contributed by atoms with E-state index in [-0.39, 0.29) is 0 Å². The molecule has 2 aromatic rings. The molecule has 0 fully saturated rings. The molecule has 0 atom stereocenters. The van der Waals surface area contributed by atoms with Crippen molar-refractivity contribution in [2.75, 3.05) is 18.5 Å². The zero-order chi connectivity index (χ0) is 18.8. The number of benzene rings is 2. The first-order chi connectivity index (χ1) is 12.6. The second-order valence-corrected chi connectivity index (χ2v) is 5.15. The summed E-state index contributed by atoms with van der Waals surface area (Å²) in [6.45, 7) is 1.92. The fraction of sp³-hybridized carbons (Fsp3) is 0.150. The number of para-hydroxylation sites is 2. The van der Waals surface area contributed by atoms with E-state index in [2.05, 4.69) is 5.32 Å². The summed E-state index contributed by atoms with van der Waals surface area (Å²) >= 11 is 0. The zero-order valence-electron chi connectivity index (χ0n) is 14.3. The predicted molar refractivity (Wildman–Crippen MR) is 97.4 cm³/mol. The lowest BCUT2D eigenvalue weighted by molar-refractivity contribution is -0.142. The van der Waals surface area contributed by atoms with Gasteiger partial charge in [0.1, 0.15) is 5.75 Å². The average Bonchev–Trinajstić information content (AvgIpc) is 2.67. The molecule has 0 bridgehead atoms. The molecule has 1 amide bonds. The van der Waals surface area contributed by atoms with E-state index in [1.54, 1.807) is 54.6 Å².